The van der Waals surface area contributed by atoms with Crippen LogP contribution in [0.4, 0.5) is 10.8 Å². The highest BCUT2D eigenvalue weighted by Gasteiger charge is 2.32. The second kappa shape index (κ2) is 7.66. The number of non-ortho nitro benzene ring substituents is 1. The van der Waals surface area contributed by atoms with E-state index < -0.39 is 10.8 Å². The Morgan fingerprint density at radius 1 is 0.968 bits per heavy atom. The van der Waals surface area contributed by atoms with Gasteiger partial charge in [0.05, 0.1) is 16.5 Å². The lowest BCUT2D eigenvalue weighted by Crippen LogP contribution is -2.25. The molecule has 0 radical (unpaired) electrons. The van der Waals surface area contributed by atoms with Gasteiger partial charge in [-0.3, -0.25) is 14.9 Å². The number of amides is 1. The molecule has 1 aliphatic heterocycles. The Labute approximate surface area is 181 Å². The first kappa shape index (κ1) is 19.0. The molecular formula is C23H15N3O4S. The summed E-state index contributed by atoms with van der Waals surface area (Å²) in [7, 11) is 0. The predicted molar refractivity (Wildman–Crippen MR) is 118 cm³/mol. The fraction of sp³-hybridized carbons (Fsp3) is 0.0435. The number of benzene rings is 3. The molecule has 0 unspecified atom stereocenters. The first-order valence-corrected chi connectivity index (χ1v) is 10.3. The topological polar surface area (TPSA) is 94.4 Å². The molecule has 0 aliphatic carbocycles. The lowest BCUT2D eigenvalue weighted by molar-refractivity contribution is -0.384. The fourth-order valence-electron chi connectivity index (χ4n) is 3.59. The summed E-state index contributed by atoms with van der Waals surface area (Å²) >= 11 is 1.30. The first-order valence-electron chi connectivity index (χ1n) is 9.47. The van der Waals surface area contributed by atoms with E-state index in [1.807, 2.05) is 53.9 Å². The summed E-state index contributed by atoms with van der Waals surface area (Å²) in [6, 6.07) is 21.1. The molecule has 0 saturated carbocycles. The average Bonchev–Trinajstić information content (AvgIpc) is 3.25. The molecule has 8 heteroatoms. The quantitative estimate of drug-likeness (QED) is 0.337. The van der Waals surface area contributed by atoms with Crippen LogP contribution >= 0.6 is 11.3 Å². The van der Waals surface area contributed by atoms with Gasteiger partial charge >= 0.3 is 0 Å². The van der Waals surface area contributed by atoms with Crippen LogP contribution in [0.15, 0.2) is 78.2 Å². The maximum atomic E-state index is 13.3. The van der Waals surface area contributed by atoms with Gasteiger partial charge in [-0.25, -0.2) is 4.98 Å². The Morgan fingerprint density at radius 3 is 2.19 bits per heavy atom. The molecule has 31 heavy (non-hydrogen) atoms. The van der Waals surface area contributed by atoms with Crippen molar-refractivity contribution >= 4 is 28.1 Å². The molecule has 1 aliphatic rings. The van der Waals surface area contributed by atoms with Crippen LogP contribution in [-0.4, -0.2) is 15.8 Å². The zero-order valence-electron chi connectivity index (χ0n) is 16.0. The molecule has 0 atom stereocenters. The third kappa shape index (κ3) is 3.53. The monoisotopic (exact) mass is 429 g/mol. The zero-order valence-corrected chi connectivity index (χ0v) is 16.8. The van der Waals surface area contributed by atoms with E-state index in [0.29, 0.717) is 22.3 Å². The van der Waals surface area contributed by atoms with Gasteiger partial charge in [0.25, 0.3) is 5.69 Å². The van der Waals surface area contributed by atoms with Gasteiger partial charge in [-0.1, -0.05) is 36.4 Å². The average molecular weight is 429 g/mol. The highest BCUT2D eigenvalue weighted by molar-refractivity contribution is 7.14. The number of ether oxygens (including phenoxy) is 1. The number of nitro groups is 1. The number of carbonyl (C=O) groups is 1. The van der Waals surface area contributed by atoms with Crippen LogP contribution in [0, 0.1) is 10.1 Å². The van der Waals surface area contributed by atoms with Gasteiger partial charge in [0.15, 0.2) is 5.13 Å². The first-order chi connectivity index (χ1) is 15.1. The van der Waals surface area contributed by atoms with Gasteiger partial charge in [-0.05, 0) is 24.3 Å². The fourth-order valence-corrected chi connectivity index (χ4v) is 4.31. The minimum Gasteiger partial charge on any atom is -0.457 e. The van der Waals surface area contributed by atoms with E-state index in [4.69, 9.17) is 4.74 Å². The molecule has 0 fully saturated rings. The van der Waals surface area contributed by atoms with Gasteiger partial charge in [-0.2, -0.15) is 0 Å². The van der Waals surface area contributed by atoms with Gasteiger partial charge in [0.1, 0.15) is 11.5 Å². The molecule has 0 bridgehead atoms. The molecule has 0 saturated heterocycles. The van der Waals surface area contributed by atoms with Crippen molar-refractivity contribution in [2.75, 3.05) is 5.32 Å². The van der Waals surface area contributed by atoms with Gasteiger partial charge in [0.2, 0.25) is 5.91 Å². The van der Waals surface area contributed by atoms with Crippen LogP contribution in [-0.2, 0) is 4.79 Å². The normalized spacial score (nSPS) is 12.4. The minimum absolute atomic E-state index is 0.0179. The number of nitrogens with zero attached hydrogens (tertiary/aromatic N) is 2. The summed E-state index contributed by atoms with van der Waals surface area (Å²) in [4.78, 5) is 28.2. The van der Waals surface area contributed by atoms with Crippen molar-refractivity contribution in [3.05, 3.63) is 99.4 Å². The SMILES string of the molecule is O=C(Nc1nc(-c2ccc([N+](=O)[O-])cc2)cs1)C1c2ccccc2Oc2ccccc21. The number of para-hydroxylation sites is 2. The molecular weight excluding hydrogens is 414 g/mol. The number of rotatable bonds is 4. The van der Waals surface area contributed by atoms with Crippen LogP contribution < -0.4 is 10.1 Å². The van der Waals surface area contributed by atoms with E-state index in [9.17, 15) is 14.9 Å². The van der Waals surface area contributed by atoms with Crippen LogP contribution in [0.1, 0.15) is 17.0 Å². The number of hydrogen-bond acceptors (Lipinski definition) is 6. The van der Waals surface area contributed by atoms with Crippen molar-refractivity contribution < 1.29 is 14.5 Å². The number of carbonyl (C=O) groups excluding carboxylic acids is 1. The largest absolute Gasteiger partial charge is 0.457 e. The number of fused-ring (bicyclic) bond motifs is 2. The summed E-state index contributed by atoms with van der Waals surface area (Å²) in [6.07, 6.45) is 0. The van der Waals surface area contributed by atoms with Crippen molar-refractivity contribution in [2.45, 2.75) is 5.92 Å². The van der Waals surface area contributed by atoms with E-state index in [1.54, 1.807) is 12.1 Å². The van der Waals surface area contributed by atoms with Gasteiger partial charge in [0, 0.05) is 34.2 Å². The summed E-state index contributed by atoms with van der Waals surface area (Å²) in [6.45, 7) is 0. The van der Waals surface area contributed by atoms with Crippen LogP contribution in [0.3, 0.4) is 0 Å². The molecule has 7 nitrogen and oxygen atoms in total. The van der Waals surface area contributed by atoms with Crippen LogP contribution in [0.25, 0.3) is 11.3 Å². The van der Waals surface area contributed by atoms with Crippen molar-refractivity contribution in [1.82, 2.24) is 4.98 Å². The second-order valence-electron chi connectivity index (χ2n) is 6.94. The smallest absolute Gasteiger partial charge is 0.269 e. The number of nitro benzene ring substituents is 1. The van der Waals surface area contributed by atoms with Crippen molar-refractivity contribution in [3.63, 3.8) is 0 Å². The van der Waals surface area contributed by atoms with Gasteiger partial charge in [-0.15, -0.1) is 11.3 Å². The van der Waals surface area contributed by atoms with Crippen LogP contribution in [0.2, 0.25) is 0 Å². The standard InChI is InChI=1S/C23H15N3O4S/c27-22(21-16-5-1-3-7-19(16)30-20-8-4-2-6-17(20)21)25-23-24-18(13-31-23)14-9-11-15(12-10-14)26(28)29/h1-13,21H,(H,24,25,27). The van der Waals surface area contributed by atoms with E-state index in [0.717, 1.165) is 16.7 Å². The number of thiazole rings is 1. The molecule has 3 aromatic carbocycles. The highest BCUT2D eigenvalue weighted by atomic mass is 32.1. The van der Waals surface area contributed by atoms with Crippen molar-refractivity contribution in [1.29, 1.82) is 0 Å². The lowest BCUT2D eigenvalue weighted by Gasteiger charge is -2.27. The highest BCUT2D eigenvalue weighted by Crippen LogP contribution is 2.44. The predicted octanol–water partition coefficient (Wildman–Crippen LogP) is 5.59. The van der Waals surface area contributed by atoms with Gasteiger partial charge < -0.3 is 10.1 Å². The maximum absolute atomic E-state index is 13.3. The summed E-state index contributed by atoms with van der Waals surface area (Å²) in [5.74, 6) is 0.597. The summed E-state index contributed by atoms with van der Waals surface area (Å²) in [5.41, 5.74) is 2.99. The molecule has 152 valence electrons. The van der Waals surface area contributed by atoms with Crippen LogP contribution in [0.5, 0.6) is 11.5 Å². The summed E-state index contributed by atoms with van der Waals surface area (Å²) in [5, 5.41) is 16.0. The molecule has 1 aromatic heterocycles. The Morgan fingerprint density at radius 2 is 1.58 bits per heavy atom. The van der Waals surface area contributed by atoms with E-state index in [-0.39, 0.29) is 11.6 Å². The molecule has 2 heterocycles. The molecule has 0 spiro atoms. The van der Waals surface area contributed by atoms with Crippen molar-refractivity contribution in [3.8, 4) is 22.8 Å². The molecule has 4 aromatic rings. The minimum atomic E-state index is -0.520. The third-order valence-electron chi connectivity index (χ3n) is 5.05. The summed E-state index contributed by atoms with van der Waals surface area (Å²) < 4.78 is 5.96. The number of nitrogens with one attached hydrogen (secondary N) is 1. The second-order valence-corrected chi connectivity index (χ2v) is 7.80. The van der Waals surface area contributed by atoms with E-state index in [2.05, 4.69) is 10.3 Å². The third-order valence-corrected chi connectivity index (χ3v) is 5.81. The Hall–Kier alpha value is -4.04. The molecule has 1 amide bonds. The Kier molecular flexibility index (Phi) is 4.68. The van der Waals surface area contributed by atoms with E-state index >= 15 is 0 Å². The maximum Gasteiger partial charge on any atom is 0.269 e. The number of anilines is 1. The number of hydrogen-bond donors (Lipinski definition) is 1. The lowest BCUT2D eigenvalue weighted by atomic mass is 9.87. The molecule has 1 N–H and O–H groups in total. The Balaban J connectivity index is 1.42. The van der Waals surface area contributed by atoms with E-state index in [1.165, 1.54) is 23.5 Å². The zero-order chi connectivity index (χ0) is 21.4. The van der Waals surface area contributed by atoms with Crippen molar-refractivity contribution in [2.24, 2.45) is 0 Å². The number of aromatic nitrogens is 1. The Bertz CT molecular complexity index is 1250. The molecule has 5 rings (SSSR count).